The summed E-state index contributed by atoms with van der Waals surface area (Å²) in [5, 5.41) is 2.99. The minimum absolute atomic E-state index is 0. The van der Waals surface area contributed by atoms with E-state index in [1.807, 2.05) is 4.90 Å². The first-order valence-corrected chi connectivity index (χ1v) is 8.01. The van der Waals surface area contributed by atoms with Crippen molar-refractivity contribution >= 4 is 36.6 Å². The zero-order valence-corrected chi connectivity index (χ0v) is 15.6. The molecule has 1 saturated heterocycles. The lowest BCUT2D eigenvalue weighted by Crippen LogP contribution is -2.54. The van der Waals surface area contributed by atoms with Gasteiger partial charge in [0, 0.05) is 32.2 Å². The molecular weight excluding hydrogens is 339 g/mol. The van der Waals surface area contributed by atoms with Crippen molar-refractivity contribution in [3.05, 3.63) is 0 Å². The summed E-state index contributed by atoms with van der Waals surface area (Å²) in [7, 11) is 0. The molecule has 1 saturated carbocycles. The molecule has 2 fully saturated rings. The highest BCUT2D eigenvalue weighted by atomic mass is 35.5. The SMILES string of the molecule is CC(C)C[C@H](N)C(=O)N1CCN(CC(=O)NC2CC2)CC1.Cl.Cl. The highest BCUT2D eigenvalue weighted by Crippen LogP contribution is 2.18. The number of nitrogens with one attached hydrogen (secondary N) is 1. The fourth-order valence-corrected chi connectivity index (χ4v) is 2.67. The Hall–Kier alpha value is -0.560. The molecule has 23 heavy (non-hydrogen) atoms. The second kappa shape index (κ2) is 10.3. The molecule has 1 aliphatic heterocycles. The summed E-state index contributed by atoms with van der Waals surface area (Å²) in [4.78, 5) is 27.9. The molecule has 1 atom stereocenters. The number of nitrogens with two attached hydrogens (primary N) is 1. The van der Waals surface area contributed by atoms with Gasteiger partial charge in [-0.2, -0.15) is 0 Å². The highest BCUT2D eigenvalue weighted by molar-refractivity contribution is 5.85. The number of amides is 2. The first-order valence-electron chi connectivity index (χ1n) is 8.01. The molecule has 0 unspecified atom stereocenters. The minimum atomic E-state index is -0.394. The van der Waals surface area contributed by atoms with Crippen LogP contribution in [0.15, 0.2) is 0 Å². The van der Waals surface area contributed by atoms with Crippen LogP contribution in [0, 0.1) is 5.92 Å². The molecule has 2 amide bonds. The van der Waals surface area contributed by atoms with Crippen molar-refractivity contribution in [3.8, 4) is 0 Å². The molecule has 3 N–H and O–H groups in total. The van der Waals surface area contributed by atoms with Gasteiger partial charge >= 0.3 is 0 Å². The molecule has 2 aliphatic rings. The number of rotatable bonds is 6. The van der Waals surface area contributed by atoms with E-state index in [-0.39, 0.29) is 36.6 Å². The summed E-state index contributed by atoms with van der Waals surface area (Å²) in [6.07, 6.45) is 2.95. The zero-order valence-electron chi connectivity index (χ0n) is 14.0. The summed E-state index contributed by atoms with van der Waals surface area (Å²) in [6.45, 7) is 7.42. The van der Waals surface area contributed by atoms with Crippen molar-refractivity contribution in [1.82, 2.24) is 15.1 Å². The van der Waals surface area contributed by atoms with Gasteiger partial charge in [-0.15, -0.1) is 24.8 Å². The average molecular weight is 369 g/mol. The fourth-order valence-electron chi connectivity index (χ4n) is 2.67. The predicted octanol–water partition coefficient (Wildman–Crippen LogP) is 0.626. The second-order valence-corrected chi connectivity index (χ2v) is 6.68. The lowest BCUT2D eigenvalue weighted by Gasteiger charge is -2.35. The molecule has 0 aromatic rings. The number of carbonyl (C=O) groups excluding carboxylic acids is 2. The Balaban J connectivity index is 0.00000242. The number of carbonyl (C=O) groups is 2. The molecule has 1 aliphatic carbocycles. The van der Waals surface area contributed by atoms with Gasteiger partial charge in [-0.25, -0.2) is 0 Å². The molecule has 136 valence electrons. The van der Waals surface area contributed by atoms with Crippen LogP contribution in [0.4, 0.5) is 0 Å². The van der Waals surface area contributed by atoms with Gasteiger partial charge in [0.2, 0.25) is 11.8 Å². The van der Waals surface area contributed by atoms with Crippen LogP contribution in [0.3, 0.4) is 0 Å². The summed E-state index contributed by atoms with van der Waals surface area (Å²) in [5.41, 5.74) is 5.96. The largest absolute Gasteiger partial charge is 0.352 e. The van der Waals surface area contributed by atoms with Gasteiger partial charge in [-0.05, 0) is 25.2 Å². The van der Waals surface area contributed by atoms with E-state index in [0.29, 0.717) is 31.6 Å². The van der Waals surface area contributed by atoms with Gasteiger partial charge in [-0.3, -0.25) is 14.5 Å². The van der Waals surface area contributed by atoms with E-state index in [1.54, 1.807) is 0 Å². The molecule has 2 rings (SSSR count). The first kappa shape index (κ1) is 22.4. The molecule has 0 spiro atoms. The Bertz CT molecular complexity index is 384. The quantitative estimate of drug-likeness (QED) is 0.720. The van der Waals surface area contributed by atoms with Crippen LogP contribution in [0.25, 0.3) is 0 Å². The van der Waals surface area contributed by atoms with E-state index >= 15 is 0 Å². The third kappa shape index (κ3) is 7.70. The van der Waals surface area contributed by atoms with Gasteiger partial charge in [-0.1, -0.05) is 13.8 Å². The monoisotopic (exact) mass is 368 g/mol. The van der Waals surface area contributed by atoms with Crippen molar-refractivity contribution in [2.75, 3.05) is 32.7 Å². The van der Waals surface area contributed by atoms with E-state index < -0.39 is 6.04 Å². The lowest BCUT2D eigenvalue weighted by molar-refractivity contribution is -0.135. The first-order chi connectivity index (χ1) is 9.95. The van der Waals surface area contributed by atoms with Crippen LogP contribution in [0.5, 0.6) is 0 Å². The number of piperazine rings is 1. The summed E-state index contributed by atoms with van der Waals surface area (Å²) in [6, 6.07) is 0.0177. The van der Waals surface area contributed by atoms with Crippen LogP contribution >= 0.6 is 24.8 Å². The smallest absolute Gasteiger partial charge is 0.239 e. The molecule has 0 bridgehead atoms. The van der Waals surface area contributed by atoms with E-state index in [9.17, 15) is 9.59 Å². The Morgan fingerprint density at radius 2 is 1.70 bits per heavy atom. The maximum Gasteiger partial charge on any atom is 0.239 e. The van der Waals surface area contributed by atoms with Crippen LogP contribution in [0.1, 0.15) is 33.1 Å². The summed E-state index contributed by atoms with van der Waals surface area (Å²) in [5.74, 6) is 0.580. The number of hydrogen-bond donors (Lipinski definition) is 2. The maximum absolute atomic E-state index is 12.2. The average Bonchev–Trinajstić information content (AvgIpc) is 3.21. The molecule has 0 aromatic carbocycles. The van der Waals surface area contributed by atoms with E-state index in [0.717, 1.165) is 32.4 Å². The Kier molecular flexibility index (Phi) is 10.1. The highest BCUT2D eigenvalue weighted by Gasteiger charge is 2.28. The van der Waals surface area contributed by atoms with Gasteiger partial charge in [0.25, 0.3) is 0 Å². The van der Waals surface area contributed by atoms with Crippen LogP contribution in [-0.4, -0.2) is 66.4 Å². The normalized spacial score (nSPS) is 19.6. The standard InChI is InChI=1S/C15H28N4O2.2ClH/c1-11(2)9-13(16)15(21)19-7-5-18(6-8-19)10-14(20)17-12-3-4-12;;/h11-13H,3-10,16H2,1-2H3,(H,17,20);2*1H/t13-;;/m0../s1. The van der Waals surface area contributed by atoms with E-state index in [4.69, 9.17) is 5.73 Å². The van der Waals surface area contributed by atoms with Crippen molar-refractivity contribution in [3.63, 3.8) is 0 Å². The van der Waals surface area contributed by atoms with E-state index in [1.165, 1.54) is 0 Å². The van der Waals surface area contributed by atoms with Gasteiger partial charge in [0.15, 0.2) is 0 Å². The third-order valence-electron chi connectivity index (χ3n) is 4.04. The fraction of sp³-hybridized carbons (Fsp3) is 0.867. The molecular formula is C15H30Cl2N4O2. The third-order valence-corrected chi connectivity index (χ3v) is 4.04. The molecule has 6 nitrogen and oxygen atoms in total. The number of hydrogen-bond acceptors (Lipinski definition) is 4. The van der Waals surface area contributed by atoms with Crippen LogP contribution in [-0.2, 0) is 9.59 Å². The predicted molar refractivity (Wildman–Crippen MR) is 96.1 cm³/mol. The molecule has 1 heterocycles. The van der Waals surface area contributed by atoms with Gasteiger partial charge in [0.05, 0.1) is 12.6 Å². The molecule has 0 aromatic heterocycles. The summed E-state index contributed by atoms with van der Waals surface area (Å²) >= 11 is 0. The second-order valence-electron chi connectivity index (χ2n) is 6.68. The Morgan fingerprint density at radius 1 is 1.13 bits per heavy atom. The van der Waals surface area contributed by atoms with Crippen molar-refractivity contribution in [2.24, 2.45) is 11.7 Å². The van der Waals surface area contributed by atoms with Crippen molar-refractivity contribution in [1.29, 1.82) is 0 Å². The maximum atomic E-state index is 12.2. The molecule has 0 radical (unpaired) electrons. The molecule has 8 heteroatoms. The van der Waals surface area contributed by atoms with Gasteiger partial charge in [0.1, 0.15) is 0 Å². The van der Waals surface area contributed by atoms with Crippen LogP contribution < -0.4 is 11.1 Å². The lowest BCUT2D eigenvalue weighted by atomic mass is 10.0. The van der Waals surface area contributed by atoms with E-state index in [2.05, 4.69) is 24.1 Å². The Morgan fingerprint density at radius 3 is 2.17 bits per heavy atom. The number of nitrogens with zero attached hydrogens (tertiary/aromatic N) is 2. The van der Waals surface area contributed by atoms with Gasteiger partial charge < -0.3 is 16.0 Å². The topological polar surface area (TPSA) is 78.7 Å². The van der Waals surface area contributed by atoms with Crippen molar-refractivity contribution in [2.45, 2.75) is 45.2 Å². The summed E-state index contributed by atoms with van der Waals surface area (Å²) < 4.78 is 0. The van der Waals surface area contributed by atoms with Crippen molar-refractivity contribution < 1.29 is 9.59 Å². The number of halogens is 2. The van der Waals surface area contributed by atoms with Crippen LogP contribution in [0.2, 0.25) is 0 Å². The Labute approximate surface area is 151 Å². The zero-order chi connectivity index (χ0) is 15.4. The minimum Gasteiger partial charge on any atom is -0.352 e.